The van der Waals surface area contributed by atoms with Crippen LogP contribution in [0.3, 0.4) is 0 Å². The molecule has 0 spiro atoms. The predicted molar refractivity (Wildman–Crippen MR) is 62.7 cm³/mol. The van der Waals surface area contributed by atoms with E-state index in [4.69, 9.17) is 9.15 Å². The van der Waals surface area contributed by atoms with Crippen LogP contribution in [0.1, 0.15) is 17.3 Å². The number of aromatic nitrogens is 1. The molecule has 2 rings (SSSR count). The Morgan fingerprint density at radius 3 is 3.20 bits per heavy atom. The Morgan fingerprint density at radius 1 is 1.67 bits per heavy atom. The highest BCUT2D eigenvalue weighted by Gasteiger charge is 2.11. The molecule has 0 aromatic carbocycles. The van der Waals surface area contributed by atoms with Crippen LogP contribution in [0.25, 0.3) is 11.1 Å². The standard InChI is InChI=1S/C10H8INO3/c1-2-14-10(13)6-3-7-8(11)5-15-9(7)12-4-6/h3-5H,2H2,1H3. The van der Waals surface area contributed by atoms with Gasteiger partial charge in [-0.05, 0) is 35.6 Å². The molecule has 2 heterocycles. The molecule has 15 heavy (non-hydrogen) atoms. The lowest BCUT2D eigenvalue weighted by molar-refractivity contribution is 0.0526. The highest BCUT2D eigenvalue weighted by atomic mass is 127. The van der Waals surface area contributed by atoms with Gasteiger partial charge < -0.3 is 9.15 Å². The van der Waals surface area contributed by atoms with Crippen molar-refractivity contribution in [2.75, 3.05) is 6.61 Å². The molecule has 0 amide bonds. The van der Waals surface area contributed by atoms with Crippen molar-refractivity contribution >= 4 is 39.7 Å². The Labute approximate surface area is 99.8 Å². The lowest BCUT2D eigenvalue weighted by atomic mass is 10.2. The summed E-state index contributed by atoms with van der Waals surface area (Å²) in [7, 11) is 0. The minimum absolute atomic E-state index is 0.357. The average Bonchev–Trinajstić information content (AvgIpc) is 2.60. The van der Waals surface area contributed by atoms with Crippen molar-refractivity contribution in [3.63, 3.8) is 0 Å². The van der Waals surface area contributed by atoms with Crippen LogP contribution in [0.5, 0.6) is 0 Å². The maximum absolute atomic E-state index is 11.4. The Hall–Kier alpha value is -1.11. The van der Waals surface area contributed by atoms with Crippen molar-refractivity contribution in [1.29, 1.82) is 0 Å². The summed E-state index contributed by atoms with van der Waals surface area (Å²) in [6.45, 7) is 2.13. The molecule has 0 atom stereocenters. The molecule has 0 saturated carbocycles. The normalized spacial score (nSPS) is 10.5. The van der Waals surface area contributed by atoms with Crippen molar-refractivity contribution < 1.29 is 13.9 Å². The first-order valence-corrected chi connectivity index (χ1v) is 5.50. The Bertz CT molecular complexity index is 506. The molecule has 0 aliphatic carbocycles. The summed E-state index contributed by atoms with van der Waals surface area (Å²) in [5.41, 5.74) is 0.983. The fourth-order valence-corrected chi connectivity index (χ4v) is 1.73. The highest BCUT2D eigenvalue weighted by molar-refractivity contribution is 14.1. The molecular weight excluding hydrogens is 309 g/mol. The van der Waals surface area contributed by atoms with E-state index < -0.39 is 0 Å². The molecule has 4 nitrogen and oxygen atoms in total. The van der Waals surface area contributed by atoms with Gasteiger partial charge in [0.25, 0.3) is 0 Å². The largest absolute Gasteiger partial charge is 0.462 e. The van der Waals surface area contributed by atoms with Crippen LogP contribution < -0.4 is 0 Å². The molecule has 5 heteroatoms. The molecule has 0 saturated heterocycles. The van der Waals surface area contributed by atoms with Gasteiger partial charge in [-0.3, -0.25) is 0 Å². The Balaban J connectivity index is 2.45. The zero-order valence-corrected chi connectivity index (χ0v) is 10.1. The van der Waals surface area contributed by atoms with E-state index in [0.29, 0.717) is 17.9 Å². The van der Waals surface area contributed by atoms with Gasteiger partial charge in [-0.15, -0.1) is 0 Å². The summed E-state index contributed by atoms with van der Waals surface area (Å²) >= 11 is 2.13. The summed E-state index contributed by atoms with van der Waals surface area (Å²) < 4.78 is 11.0. The van der Waals surface area contributed by atoms with Crippen LogP contribution in [0.2, 0.25) is 0 Å². The van der Waals surface area contributed by atoms with E-state index in [0.717, 1.165) is 8.96 Å². The van der Waals surface area contributed by atoms with Gasteiger partial charge >= 0.3 is 5.97 Å². The predicted octanol–water partition coefficient (Wildman–Crippen LogP) is 2.61. The van der Waals surface area contributed by atoms with Gasteiger partial charge in [0.15, 0.2) is 0 Å². The van der Waals surface area contributed by atoms with E-state index in [1.807, 2.05) is 0 Å². The molecular formula is C10H8INO3. The van der Waals surface area contributed by atoms with Gasteiger partial charge in [0.1, 0.15) is 6.26 Å². The highest BCUT2D eigenvalue weighted by Crippen LogP contribution is 2.21. The second-order valence-corrected chi connectivity index (χ2v) is 4.04. The Morgan fingerprint density at radius 2 is 2.47 bits per heavy atom. The Kier molecular flexibility index (Phi) is 2.90. The molecule has 0 aliphatic rings. The third kappa shape index (κ3) is 1.97. The first kappa shape index (κ1) is 10.4. The minimum atomic E-state index is -0.357. The van der Waals surface area contributed by atoms with E-state index in [9.17, 15) is 4.79 Å². The van der Waals surface area contributed by atoms with Gasteiger partial charge in [-0.2, -0.15) is 0 Å². The minimum Gasteiger partial charge on any atom is -0.462 e. The number of hydrogen-bond donors (Lipinski definition) is 0. The number of hydrogen-bond acceptors (Lipinski definition) is 4. The van der Waals surface area contributed by atoms with Gasteiger partial charge in [-0.1, -0.05) is 0 Å². The van der Waals surface area contributed by atoms with Crippen molar-refractivity contribution in [2.24, 2.45) is 0 Å². The smallest absolute Gasteiger partial charge is 0.339 e. The number of carbonyl (C=O) groups excluding carboxylic acids is 1. The summed E-state index contributed by atoms with van der Waals surface area (Å²) in [6.07, 6.45) is 3.06. The lowest BCUT2D eigenvalue weighted by Crippen LogP contribution is -2.04. The second kappa shape index (κ2) is 4.18. The number of fused-ring (bicyclic) bond motifs is 1. The van der Waals surface area contributed by atoms with E-state index in [-0.39, 0.29) is 5.97 Å². The fraction of sp³-hybridized carbons (Fsp3) is 0.200. The fourth-order valence-electron chi connectivity index (χ4n) is 1.21. The summed E-state index contributed by atoms with van der Waals surface area (Å²) in [5.74, 6) is -0.357. The molecule has 2 aromatic rings. The number of pyridine rings is 1. The van der Waals surface area contributed by atoms with Gasteiger partial charge in [0.2, 0.25) is 5.71 Å². The first-order valence-electron chi connectivity index (χ1n) is 4.42. The van der Waals surface area contributed by atoms with E-state index in [2.05, 4.69) is 27.6 Å². The monoisotopic (exact) mass is 317 g/mol. The van der Waals surface area contributed by atoms with Crippen molar-refractivity contribution in [2.45, 2.75) is 6.92 Å². The number of furan rings is 1. The molecule has 0 unspecified atom stereocenters. The van der Waals surface area contributed by atoms with Crippen LogP contribution >= 0.6 is 22.6 Å². The third-order valence-corrected chi connectivity index (χ3v) is 2.73. The van der Waals surface area contributed by atoms with Crippen molar-refractivity contribution in [3.05, 3.63) is 27.7 Å². The molecule has 78 valence electrons. The lowest BCUT2D eigenvalue weighted by Gasteiger charge is -2.00. The van der Waals surface area contributed by atoms with Crippen LogP contribution in [0, 0.1) is 3.57 Å². The number of halogens is 1. The molecule has 0 fully saturated rings. The molecule has 0 radical (unpaired) electrons. The SMILES string of the molecule is CCOC(=O)c1cnc2occ(I)c2c1. The number of ether oxygens (including phenoxy) is 1. The van der Waals surface area contributed by atoms with Gasteiger partial charge in [-0.25, -0.2) is 9.78 Å². The number of esters is 1. The molecule has 0 aliphatic heterocycles. The zero-order valence-electron chi connectivity index (χ0n) is 7.99. The van der Waals surface area contributed by atoms with Crippen molar-refractivity contribution in [3.8, 4) is 0 Å². The number of rotatable bonds is 2. The third-order valence-electron chi connectivity index (χ3n) is 1.89. The zero-order chi connectivity index (χ0) is 10.8. The maximum atomic E-state index is 11.4. The van der Waals surface area contributed by atoms with Crippen LogP contribution in [-0.2, 0) is 4.74 Å². The van der Waals surface area contributed by atoms with Crippen LogP contribution in [0.4, 0.5) is 0 Å². The number of nitrogens with zero attached hydrogens (tertiary/aromatic N) is 1. The first-order chi connectivity index (χ1) is 7.22. The number of carbonyl (C=O) groups is 1. The van der Waals surface area contributed by atoms with Gasteiger partial charge in [0, 0.05) is 6.20 Å². The average molecular weight is 317 g/mol. The van der Waals surface area contributed by atoms with E-state index in [1.54, 1.807) is 19.3 Å². The van der Waals surface area contributed by atoms with Crippen molar-refractivity contribution in [1.82, 2.24) is 4.98 Å². The summed E-state index contributed by atoms with van der Waals surface area (Å²) in [4.78, 5) is 15.5. The molecule has 2 aromatic heterocycles. The topological polar surface area (TPSA) is 52.3 Å². The van der Waals surface area contributed by atoms with Crippen LogP contribution in [0.15, 0.2) is 22.9 Å². The second-order valence-electron chi connectivity index (χ2n) is 2.88. The van der Waals surface area contributed by atoms with E-state index >= 15 is 0 Å². The molecule has 0 bridgehead atoms. The van der Waals surface area contributed by atoms with Crippen LogP contribution in [-0.4, -0.2) is 17.6 Å². The maximum Gasteiger partial charge on any atom is 0.339 e. The quantitative estimate of drug-likeness (QED) is 0.631. The summed E-state index contributed by atoms with van der Waals surface area (Å²) in [5, 5.41) is 0.834. The van der Waals surface area contributed by atoms with Gasteiger partial charge in [0.05, 0.1) is 21.1 Å². The molecule has 0 N–H and O–H groups in total. The van der Waals surface area contributed by atoms with E-state index in [1.165, 1.54) is 6.20 Å². The summed E-state index contributed by atoms with van der Waals surface area (Å²) in [6, 6.07) is 1.73.